The number of amides is 1. The lowest BCUT2D eigenvalue weighted by Crippen LogP contribution is -2.38. The van der Waals surface area contributed by atoms with Crippen molar-refractivity contribution in [3.8, 4) is 0 Å². The number of ether oxygens (including phenoxy) is 1. The van der Waals surface area contributed by atoms with E-state index in [1.165, 1.54) is 25.1 Å². The fourth-order valence-corrected chi connectivity index (χ4v) is 2.55. The van der Waals surface area contributed by atoms with Crippen LogP contribution in [-0.4, -0.2) is 39.5 Å². The molecule has 9 heteroatoms. The highest BCUT2D eigenvalue weighted by Crippen LogP contribution is 2.12. The fraction of sp³-hybridized carbons (Fsp3) is 0.286. The van der Waals surface area contributed by atoms with Gasteiger partial charge in [0, 0.05) is 6.54 Å². The molecule has 0 aliphatic rings. The minimum absolute atomic E-state index is 0.209. The van der Waals surface area contributed by atoms with Crippen LogP contribution in [0.25, 0.3) is 0 Å². The van der Waals surface area contributed by atoms with Crippen molar-refractivity contribution >= 4 is 21.9 Å². The molecule has 1 rings (SSSR count). The molecule has 0 aromatic heterocycles. The summed E-state index contributed by atoms with van der Waals surface area (Å²) in [5.74, 6) is -2.45. The zero-order valence-corrected chi connectivity index (χ0v) is 13.2. The van der Waals surface area contributed by atoms with Crippen molar-refractivity contribution in [2.75, 3.05) is 13.1 Å². The van der Waals surface area contributed by atoms with E-state index < -0.39 is 45.3 Å². The van der Waals surface area contributed by atoms with Crippen LogP contribution in [0.15, 0.2) is 41.8 Å². The largest absolute Gasteiger partial charge is 0.452 e. The number of benzene rings is 1. The molecule has 0 aliphatic carbocycles. The Kier molecular flexibility index (Phi) is 6.86. The van der Waals surface area contributed by atoms with Crippen molar-refractivity contribution in [3.63, 3.8) is 0 Å². The summed E-state index contributed by atoms with van der Waals surface area (Å²) in [5, 5.41) is 2.42. The quantitative estimate of drug-likeness (QED) is 0.523. The number of carbonyl (C=O) groups excluding carboxylic acids is 2. The first-order chi connectivity index (χ1) is 10.8. The summed E-state index contributed by atoms with van der Waals surface area (Å²) in [7, 11) is -4.20. The maximum atomic E-state index is 13.4. The van der Waals surface area contributed by atoms with Gasteiger partial charge in [0.1, 0.15) is 17.3 Å². The molecule has 1 aromatic rings. The molecule has 0 radical (unpaired) electrons. The zero-order chi connectivity index (χ0) is 17.5. The Bertz CT molecular complexity index is 690. The van der Waals surface area contributed by atoms with Crippen LogP contribution in [0.3, 0.4) is 0 Å². The highest BCUT2D eigenvalue weighted by Gasteiger charge is 2.22. The van der Waals surface area contributed by atoms with E-state index in [1.807, 2.05) is 4.72 Å². The summed E-state index contributed by atoms with van der Waals surface area (Å²) in [6, 6.07) is 4.74. The Hall–Kier alpha value is -2.26. The third-order valence-electron chi connectivity index (χ3n) is 2.63. The lowest BCUT2D eigenvalue weighted by atomic mass is 10.3. The molecule has 2 N–H and O–H groups in total. The van der Waals surface area contributed by atoms with Gasteiger partial charge in [0.25, 0.3) is 5.91 Å². The number of carbonyl (C=O) groups is 2. The Labute approximate surface area is 133 Å². The lowest BCUT2D eigenvalue weighted by molar-refractivity contribution is -0.153. The molecule has 1 amide bonds. The second-order valence-corrected chi connectivity index (χ2v) is 6.16. The van der Waals surface area contributed by atoms with Gasteiger partial charge in [-0.3, -0.25) is 9.59 Å². The topological polar surface area (TPSA) is 102 Å². The molecular formula is C14H17FN2O5S. The minimum atomic E-state index is -4.20. The molecule has 0 aliphatic heterocycles. The van der Waals surface area contributed by atoms with Crippen molar-refractivity contribution in [2.24, 2.45) is 0 Å². The van der Waals surface area contributed by atoms with E-state index in [0.717, 1.165) is 12.1 Å². The van der Waals surface area contributed by atoms with E-state index in [-0.39, 0.29) is 6.54 Å². The molecule has 7 nitrogen and oxygen atoms in total. The van der Waals surface area contributed by atoms with Gasteiger partial charge in [-0.05, 0) is 19.1 Å². The van der Waals surface area contributed by atoms with E-state index in [0.29, 0.717) is 0 Å². The number of esters is 1. The molecule has 0 heterocycles. The second-order valence-electron chi connectivity index (χ2n) is 4.42. The number of nitrogens with one attached hydrogen (secondary N) is 2. The molecular weight excluding hydrogens is 327 g/mol. The van der Waals surface area contributed by atoms with E-state index in [2.05, 4.69) is 11.9 Å². The molecule has 23 heavy (non-hydrogen) atoms. The minimum Gasteiger partial charge on any atom is -0.452 e. The SMILES string of the molecule is C=CCNC(=O)[C@H](C)OC(=O)CNS(=O)(=O)c1ccccc1F. The first-order valence-corrected chi connectivity index (χ1v) is 8.08. The van der Waals surface area contributed by atoms with Gasteiger partial charge in [-0.1, -0.05) is 18.2 Å². The Balaban J connectivity index is 2.57. The Morgan fingerprint density at radius 1 is 1.39 bits per heavy atom. The molecule has 0 spiro atoms. The van der Waals surface area contributed by atoms with Crippen molar-refractivity contribution in [3.05, 3.63) is 42.7 Å². The maximum Gasteiger partial charge on any atom is 0.321 e. The number of hydrogen-bond donors (Lipinski definition) is 2. The van der Waals surface area contributed by atoms with Crippen LogP contribution >= 0.6 is 0 Å². The Morgan fingerprint density at radius 3 is 2.65 bits per heavy atom. The number of rotatable bonds is 8. The molecule has 126 valence electrons. The van der Waals surface area contributed by atoms with Crippen LogP contribution in [0.1, 0.15) is 6.92 Å². The Morgan fingerprint density at radius 2 is 2.04 bits per heavy atom. The summed E-state index contributed by atoms with van der Waals surface area (Å²) >= 11 is 0. The maximum absolute atomic E-state index is 13.4. The van der Waals surface area contributed by atoms with Gasteiger partial charge in [-0.25, -0.2) is 12.8 Å². The van der Waals surface area contributed by atoms with Gasteiger partial charge in [-0.2, -0.15) is 4.72 Å². The monoisotopic (exact) mass is 344 g/mol. The smallest absolute Gasteiger partial charge is 0.321 e. The van der Waals surface area contributed by atoms with Crippen LogP contribution in [-0.2, 0) is 24.3 Å². The van der Waals surface area contributed by atoms with Crippen molar-refractivity contribution in [1.82, 2.24) is 10.0 Å². The van der Waals surface area contributed by atoms with Gasteiger partial charge >= 0.3 is 5.97 Å². The molecule has 0 saturated carbocycles. The van der Waals surface area contributed by atoms with Gasteiger partial charge in [0.15, 0.2) is 6.10 Å². The van der Waals surface area contributed by atoms with Gasteiger partial charge in [-0.15, -0.1) is 6.58 Å². The fourth-order valence-electron chi connectivity index (χ4n) is 1.50. The molecule has 1 atom stereocenters. The third kappa shape index (κ3) is 5.80. The average molecular weight is 344 g/mol. The second kappa shape index (κ2) is 8.39. The van der Waals surface area contributed by atoms with Gasteiger partial charge in [0.05, 0.1) is 0 Å². The van der Waals surface area contributed by atoms with Crippen LogP contribution in [0.2, 0.25) is 0 Å². The van der Waals surface area contributed by atoms with Gasteiger partial charge < -0.3 is 10.1 Å². The number of sulfonamides is 1. The summed E-state index contributed by atoms with van der Waals surface area (Å²) < 4.78 is 43.9. The van der Waals surface area contributed by atoms with Crippen LogP contribution in [0.5, 0.6) is 0 Å². The summed E-state index contributed by atoms with van der Waals surface area (Å²) in [5.41, 5.74) is 0. The summed E-state index contributed by atoms with van der Waals surface area (Å²) in [6.45, 7) is 4.23. The highest BCUT2D eigenvalue weighted by atomic mass is 32.2. The summed E-state index contributed by atoms with van der Waals surface area (Å²) in [4.78, 5) is 22.5. The van der Waals surface area contributed by atoms with Gasteiger partial charge in [0.2, 0.25) is 10.0 Å². The van der Waals surface area contributed by atoms with Crippen molar-refractivity contribution < 1.29 is 27.1 Å². The van der Waals surface area contributed by atoms with E-state index in [1.54, 1.807) is 0 Å². The molecule has 0 fully saturated rings. The highest BCUT2D eigenvalue weighted by molar-refractivity contribution is 7.89. The van der Waals surface area contributed by atoms with Crippen LogP contribution in [0, 0.1) is 5.82 Å². The molecule has 1 aromatic carbocycles. The first-order valence-electron chi connectivity index (χ1n) is 6.60. The average Bonchev–Trinajstić information content (AvgIpc) is 2.51. The van der Waals surface area contributed by atoms with Crippen molar-refractivity contribution in [1.29, 1.82) is 0 Å². The van der Waals surface area contributed by atoms with E-state index >= 15 is 0 Å². The van der Waals surface area contributed by atoms with E-state index in [9.17, 15) is 22.4 Å². The number of hydrogen-bond acceptors (Lipinski definition) is 5. The predicted molar refractivity (Wildman–Crippen MR) is 80.3 cm³/mol. The van der Waals surface area contributed by atoms with Crippen LogP contribution < -0.4 is 10.0 Å². The standard InChI is InChI=1S/C14H17FN2O5S/c1-3-8-16-14(19)10(2)22-13(18)9-17-23(20,21)12-7-5-4-6-11(12)15/h3-7,10,17H,1,8-9H2,2H3,(H,16,19)/t10-/m0/s1. The first kappa shape index (κ1) is 18.8. The summed E-state index contributed by atoms with van der Waals surface area (Å²) in [6.07, 6.45) is 0.357. The molecule has 0 saturated heterocycles. The normalized spacial score (nSPS) is 12.3. The van der Waals surface area contributed by atoms with E-state index in [4.69, 9.17) is 4.74 Å². The molecule has 0 unspecified atom stereocenters. The lowest BCUT2D eigenvalue weighted by Gasteiger charge is -2.13. The third-order valence-corrected chi connectivity index (χ3v) is 4.07. The predicted octanol–water partition coefficient (Wildman–Crippen LogP) is 0.338. The van der Waals surface area contributed by atoms with Crippen molar-refractivity contribution in [2.45, 2.75) is 17.9 Å². The molecule has 0 bridgehead atoms. The number of halogens is 1. The zero-order valence-electron chi connectivity index (χ0n) is 12.4. The van der Waals surface area contributed by atoms with Crippen LogP contribution in [0.4, 0.5) is 4.39 Å².